The summed E-state index contributed by atoms with van der Waals surface area (Å²) in [4.78, 5) is 0. The van der Waals surface area contributed by atoms with Crippen LogP contribution in [0.25, 0.3) is 11.1 Å². The third kappa shape index (κ3) is 3.76. The maximum Gasteiger partial charge on any atom is 0.0422 e. The van der Waals surface area contributed by atoms with E-state index in [-0.39, 0.29) is 0 Å². The number of rotatable bonds is 5. The van der Waals surface area contributed by atoms with Crippen molar-refractivity contribution in [3.8, 4) is 11.1 Å². The average molecular weight is 329 g/mol. The lowest BCUT2D eigenvalue weighted by Gasteiger charge is -2.17. The molecule has 3 rings (SSSR count). The van der Waals surface area contributed by atoms with Gasteiger partial charge < -0.3 is 5.32 Å². The Kier molecular flexibility index (Phi) is 5.23. The Morgan fingerprint density at radius 3 is 2.12 bits per heavy atom. The van der Waals surface area contributed by atoms with Gasteiger partial charge in [0.05, 0.1) is 0 Å². The zero-order valence-corrected chi connectivity index (χ0v) is 15.6. The first-order valence-corrected chi connectivity index (χ1v) is 9.15. The van der Waals surface area contributed by atoms with Gasteiger partial charge >= 0.3 is 0 Å². The molecule has 0 aliphatic rings. The van der Waals surface area contributed by atoms with Gasteiger partial charge in [-0.25, -0.2) is 0 Å². The van der Waals surface area contributed by atoms with E-state index in [0.29, 0.717) is 5.92 Å². The van der Waals surface area contributed by atoms with E-state index in [1.54, 1.807) is 0 Å². The largest absolute Gasteiger partial charge is 0.355 e. The molecule has 1 heteroatoms. The predicted molar refractivity (Wildman–Crippen MR) is 110 cm³/mol. The van der Waals surface area contributed by atoms with E-state index in [1.165, 1.54) is 33.5 Å². The molecule has 3 aromatic rings. The summed E-state index contributed by atoms with van der Waals surface area (Å²) < 4.78 is 0. The van der Waals surface area contributed by atoms with Crippen molar-refractivity contribution in [2.24, 2.45) is 0 Å². The van der Waals surface area contributed by atoms with Crippen molar-refractivity contribution < 1.29 is 0 Å². The summed E-state index contributed by atoms with van der Waals surface area (Å²) in [7, 11) is 0. The highest BCUT2D eigenvalue weighted by atomic mass is 14.9. The Morgan fingerprint density at radius 2 is 1.48 bits per heavy atom. The second-order valence-corrected chi connectivity index (χ2v) is 6.90. The molecule has 0 heterocycles. The lowest BCUT2D eigenvalue weighted by atomic mass is 9.93. The molecular weight excluding hydrogens is 302 g/mol. The van der Waals surface area contributed by atoms with Crippen molar-refractivity contribution in [3.63, 3.8) is 0 Å². The molecule has 1 N–H and O–H groups in total. The van der Waals surface area contributed by atoms with Gasteiger partial charge in [0.15, 0.2) is 0 Å². The summed E-state index contributed by atoms with van der Waals surface area (Å²) in [6, 6.07) is 23.9. The van der Waals surface area contributed by atoms with E-state index in [0.717, 1.165) is 12.1 Å². The highest BCUT2D eigenvalue weighted by Gasteiger charge is 2.10. The minimum atomic E-state index is 0.560. The molecule has 1 nitrogen and oxygen atoms in total. The fraction of sp³-hybridized carbons (Fsp3) is 0.250. The molecule has 0 saturated carbocycles. The number of hydrogen-bond acceptors (Lipinski definition) is 1. The third-order valence-electron chi connectivity index (χ3n) is 4.82. The van der Waals surface area contributed by atoms with Gasteiger partial charge in [0.25, 0.3) is 0 Å². The Morgan fingerprint density at radius 1 is 0.800 bits per heavy atom. The molecule has 128 valence electrons. The van der Waals surface area contributed by atoms with E-state index in [4.69, 9.17) is 0 Å². The predicted octanol–water partition coefficient (Wildman–Crippen LogP) is 7.09. The standard InChI is InChI=1S/C24H27N/c1-5-21-23(22-10-7-6-9-18(22)4)11-8-12-24(21)25-20-15-13-19(14-16-20)17(2)3/h6-17,25H,5H2,1-4H3. The van der Waals surface area contributed by atoms with Crippen LogP contribution in [0, 0.1) is 6.92 Å². The lowest BCUT2D eigenvalue weighted by molar-refractivity contribution is 0.867. The zero-order chi connectivity index (χ0) is 17.8. The van der Waals surface area contributed by atoms with Gasteiger partial charge in [0.2, 0.25) is 0 Å². The SMILES string of the molecule is CCc1c(Nc2ccc(C(C)C)cc2)cccc1-c1ccccc1C. The van der Waals surface area contributed by atoms with Gasteiger partial charge in [-0.05, 0) is 65.3 Å². The molecule has 0 radical (unpaired) electrons. The normalized spacial score (nSPS) is 10.9. The summed E-state index contributed by atoms with van der Waals surface area (Å²) in [5.41, 5.74) is 9.03. The number of anilines is 2. The van der Waals surface area contributed by atoms with Crippen LogP contribution in [0.5, 0.6) is 0 Å². The Labute approximate surface area is 151 Å². The smallest absolute Gasteiger partial charge is 0.0422 e. The third-order valence-corrected chi connectivity index (χ3v) is 4.82. The lowest BCUT2D eigenvalue weighted by Crippen LogP contribution is -1.99. The Hall–Kier alpha value is -2.54. The number of nitrogens with one attached hydrogen (secondary N) is 1. The highest BCUT2D eigenvalue weighted by Crippen LogP contribution is 2.33. The molecule has 0 unspecified atom stereocenters. The minimum absolute atomic E-state index is 0.560. The quantitative estimate of drug-likeness (QED) is 0.527. The van der Waals surface area contributed by atoms with Crippen LogP contribution in [0.2, 0.25) is 0 Å². The van der Waals surface area contributed by atoms with E-state index >= 15 is 0 Å². The van der Waals surface area contributed by atoms with Gasteiger partial charge in [0.1, 0.15) is 0 Å². The van der Waals surface area contributed by atoms with Gasteiger partial charge in [-0.1, -0.05) is 69.3 Å². The molecule has 0 spiro atoms. The van der Waals surface area contributed by atoms with E-state index in [1.807, 2.05) is 0 Å². The van der Waals surface area contributed by atoms with Gasteiger partial charge in [-0.15, -0.1) is 0 Å². The summed E-state index contributed by atoms with van der Waals surface area (Å²) in [6.45, 7) is 8.86. The van der Waals surface area contributed by atoms with Crippen LogP contribution < -0.4 is 5.32 Å². The molecule has 0 amide bonds. The Balaban J connectivity index is 1.97. The van der Waals surface area contributed by atoms with Crippen LogP contribution in [-0.4, -0.2) is 0 Å². The summed E-state index contributed by atoms with van der Waals surface area (Å²) >= 11 is 0. The summed E-state index contributed by atoms with van der Waals surface area (Å²) in [6.07, 6.45) is 0.997. The topological polar surface area (TPSA) is 12.0 Å². The van der Waals surface area contributed by atoms with E-state index in [2.05, 4.69) is 99.7 Å². The Bertz CT molecular complexity index is 844. The van der Waals surface area contributed by atoms with Crippen molar-refractivity contribution in [1.82, 2.24) is 0 Å². The molecule has 3 aromatic carbocycles. The average Bonchev–Trinajstić information content (AvgIpc) is 2.62. The molecule has 0 aromatic heterocycles. The van der Waals surface area contributed by atoms with E-state index in [9.17, 15) is 0 Å². The molecule has 0 aliphatic carbocycles. The van der Waals surface area contributed by atoms with Crippen LogP contribution in [0.1, 0.15) is 43.4 Å². The number of benzene rings is 3. The fourth-order valence-corrected chi connectivity index (χ4v) is 3.32. The molecule has 0 aliphatic heterocycles. The van der Waals surface area contributed by atoms with Crippen molar-refractivity contribution in [2.45, 2.75) is 40.0 Å². The molecule has 0 bridgehead atoms. The summed E-state index contributed by atoms with van der Waals surface area (Å²) in [5.74, 6) is 0.560. The van der Waals surface area contributed by atoms with Crippen LogP contribution in [0.15, 0.2) is 66.7 Å². The van der Waals surface area contributed by atoms with Crippen LogP contribution in [0.4, 0.5) is 11.4 Å². The van der Waals surface area contributed by atoms with Crippen molar-refractivity contribution >= 4 is 11.4 Å². The molecule has 0 saturated heterocycles. The minimum Gasteiger partial charge on any atom is -0.355 e. The second kappa shape index (κ2) is 7.57. The first kappa shape index (κ1) is 17.3. The zero-order valence-electron chi connectivity index (χ0n) is 15.6. The second-order valence-electron chi connectivity index (χ2n) is 6.90. The first-order valence-electron chi connectivity index (χ1n) is 9.15. The van der Waals surface area contributed by atoms with Gasteiger partial charge in [-0.3, -0.25) is 0 Å². The number of hydrogen-bond donors (Lipinski definition) is 1. The fourth-order valence-electron chi connectivity index (χ4n) is 3.32. The molecule has 0 fully saturated rings. The monoisotopic (exact) mass is 329 g/mol. The highest BCUT2D eigenvalue weighted by molar-refractivity contribution is 5.78. The van der Waals surface area contributed by atoms with Crippen LogP contribution in [0.3, 0.4) is 0 Å². The first-order chi connectivity index (χ1) is 12.1. The molecule has 0 atom stereocenters. The molecule has 25 heavy (non-hydrogen) atoms. The maximum absolute atomic E-state index is 3.62. The molecular formula is C24H27N. The number of aryl methyl sites for hydroxylation is 1. The van der Waals surface area contributed by atoms with Crippen molar-refractivity contribution in [3.05, 3.63) is 83.4 Å². The van der Waals surface area contributed by atoms with Gasteiger partial charge in [-0.2, -0.15) is 0 Å². The maximum atomic E-state index is 3.62. The summed E-state index contributed by atoms with van der Waals surface area (Å²) in [5, 5.41) is 3.62. The van der Waals surface area contributed by atoms with Gasteiger partial charge in [0, 0.05) is 11.4 Å². The van der Waals surface area contributed by atoms with Crippen molar-refractivity contribution in [1.29, 1.82) is 0 Å². The van der Waals surface area contributed by atoms with Crippen molar-refractivity contribution in [2.75, 3.05) is 5.32 Å². The van der Waals surface area contributed by atoms with E-state index < -0.39 is 0 Å². The van der Waals surface area contributed by atoms with Crippen LogP contribution in [-0.2, 0) is 6.42 Å². The van der Waals surface area contributed by atoms with Crippen LogP contribution >= 0.6 is 0 Å².